The van der Waals surface area contributed by atoms with E-state index in [-0.39, 0.29) is 36.2 Å². The van der Waals surface area contributed by atoms with E-state index in [0.29, 0.717) is 16.4 Å². The zero-order valence-electron chi connectivity index (χ0n) is 18.5. The molecule has 1 unspecified atom stereocenters. The van der Waals surface area contributed by atoms with Gasteiger partial charge in [-0.3, -0.25) is 9.59 Å². The Labute approximate surface area is 204 Å². The molecule has 4 rings (SSSR count). The quantitative estimate of drug-likeness (QED) is 0.531. The van der Waals surface area contributed by atoms with Gasteiger partial charge in [-0.1, -0.05) is 41.9 Å². The van der Waals surface area contributed by atoms with Crippen LogP contribution in [0.5, 0.6) is 0 Å². The summed E-state index contributed by atoms with van der Waals surface area (Å²) >= 11 is 5.91. The van der Waals surface area contributed by atoms with Gasteiger partial charge in [-0.05, 0) is 54.1 Å². The van der Waals surface area contributed by atoms with Crippen molar-refractivity contribution in [2.75, 3.05) is 23.8 Å². The van der Waals surface area contributed by atoms with Gasteiger partial charge in [-0.25, -0.2) is 8.42 Å². The van der Waals surface area contributed by atoms with E-state index >= 15 is 0 Å². The summed E-state index contributed by atoms with van der Waals surface area (Å²) in [6.07, 6.45) is 0.102. The Kier molecular flexibility index (Phi) is 7.02. The molecule has 2 amide bonds. The lowest BCUT2D eigenvalue weighted by atomic mass is 10.1. The van der Waals surface area contributed by atoms with E-state index < -0.39 is 15.9 Å². The fourth-order valence-corrected chi connectivity index (χ4v) is 5.10. The first-order valence-electron chi connectivity index (χ1n) is 10.7. The Morgan fingerprint density at radius 1 is 1.03 bits per heavy atom. The third-order valence-corrected chi connectivity index (χ3v) is 7.78. The second-order valence-corrected chi connectivity index (χ2v) is 10.6. The standard InChI is InChI=1S/C25H24ClN3O4S/c1-28(16-18-5-3-2-4-6-18)34(32,33)23-13-9-21(10-14-23)27-25(31)19-15-24(30)29(17-19)22-11-7-20(26)8-12-22/h2-14,19H,15-17H2,1H3,(H,27,31). The van der Waals surface area contributed by atoms with Gasteiger partial charge in [0.05, 0.1) is 10.8 Å². The van der Waals surface area contributed by atoms with Crippen molar-refractivity contribution in [2.24, 2.45) is 5.92 Å². The molecule has 0 spiro atoms. The smallest absolute Gasteiger partial charge is 0.243 e. The zero-order chi connectivity index (χ0) is 24.3. The fourth-order valence-electron chi connectivity index (χ4n) is 3.81. The molecule has 7 nitrogen and oxygen atoms in total. The van der Waals surface area contributed by atoms with E-state index in [1.54, 1.807) is 41.3 Å². The number of anilines is 2. The number of nitrogens with zero attached hydrogens (tertiary/aromatic N) is 2. The minimum absolute atomic E-state index is 0.102. The van der Waals surface area contributed by atoms with Crippen molar-refractivity contribution < 1.29 is 18.0 Å². The molecule has 34 heavy (non-hydrogen) atoms. The molecule has 0 saturated carbocycles. The summed E-state index contributed by atoms with van der Waals surface area (Å²) in [6.45, 7) is 0.518. The Balaban J connectivity index is 1.39. The first-order chi connectivity index (χ1) is 16.2. The molecule has 0 bridgehead atoms. The Morgan fingerprint density at radius 3 is 2.32 bits per heavy atom. The van der Waals surface area contributed by atoms with Crippen molar-refractivity contribution in [2.45, 2.75) is 17.9 Å². The summed E-state index contributed by atoms with van der Waals surface area (Å²) in [5.41, 5.74) is 2.04. The van der Waals surface area contributed by atoms with Crippen molar-refractivity contribution in [3.8, 4) is 0 Å². The fraction of sp³-hybridized carbons (Fsp3) is 0.200. The average molecular weight is 498 g/mol. The summed E-state index contributed by atoms with van der Waals surface area (Å²) in [7, 11) is -2.16. The molecule has 0 radical (unpaired) electrons. The van der Waals surface area contributed by atoms with E-state index in [2.05, 4.69) is 5.32 Å². The molecule has 0 aliphatic carbocycles. The van der Waals surface area contributed by atoms with E-state index in [4.69, 9.17) is 11.6 Å². The number of hydrogen-bond donors (Lipinski definition) is 1. The van der Waals surface area contributed by atoms with Gasteiger partial charge < -0.3 is 10.2 Å². The number of hydrogen-bond acceptors (Lipinski definition) is 4. The number of rotatable bonds is 7. The van der Waals surface area contributed by atoms with E-state index in [1.165, 1.54) is 23.5 Å². The number of carbonyl (C=O) groups is 2. The third kappa shape index (κ3) is 5.30. The highest BCUT2D eigenvalue weighted by Gasteiger charge is 2.35. The van der Waals surface area contributed by atoms with Gasteiger partial charge in [0, 0.05) is 43.0 Å². The van der Waals surface area contributed by atoms with Crippen LogP contribution in [0.4, 0.5) is 11.4 Å². The summed E-state index contributed by atoms with van der Waals surface area (Å²) in [6, 6.07) is 22.3. The second-order valence-electron chi connectivity index (χ2n) is 8.14. The van der Waals surface area contributed by atoms with Crippen molar-refractivity contribution in [1.82, 2.24) is 4.31 Å². The summed E-state index contributed by atoms with van der Waals surface area (Å²) in [5.74, 6) is -0.935. The molecule has 176 valence electrons. The predicted octanol–water partition coefficient (Wildman–Crippen LogP) is 4.15. The average Bonchev–Trinajstić information content (AvgIpc) is 3.22. The Hall–Kier alpha value is -3.20. The van der Waals surface area contributed by atoms with Crippen LogP contribution in [0.25, 0.3) is 0 Å². The molecule has 0 aromatic heterocycles. The third-order valence-electron chi connectivity index (χ3n) is 5.71. The lowest BCUT2D eigenvalue weighted by molar-refractivity contribution is -0.122. The van der Waals surface area contributed by atoms with Gasteiger partial charge in [-0.15, -0.1) is 0 Å². The van der Waals surface area contributed by atoms with Crippen molar-refractivity contribution in [3.05, 3.63) is 89.4 Å². The highest BCUT2D eigenvalue weighted by Crippen LogP contribution is 2.27. The number of sulfonamides is 1. The van der Waals surface area contributed by atoms with Crippen LogP contribution in [0, 0.1) is 5.92 Å². The van der Waals surface area contributed by atoms with Crippen LogP contribution in [-0.2, 0) is 26.2 Å². The van der Waals surface area contributed by atoms with Crippen LogP contribution in [0.3, 0.4) is 0 Å². The minimum Gasteiger partial charge on any atom is -0.326 e. The van der Waals surface area contributed by atoms with Gasteiger partial charge in [0.1, 0.15) is 0 Å². The first-order valence-corrected chi connectivity index (χ1v) is 12.5. The molecule has 1 fully saturated rings. The van der Waals surface area contributed by atoms with Crippen LogP contribution in [0.15, 0.2) is 83.8 Å². The van der Waals surface area contributed by atoms with Crippen LogP contribution in [0.2, 0.25) is 5.02 Å². The minimum atomic E-state index is -3.69. The number of carbonyl (C=O) groups excluding carboxylic acids is 2. The number of benzene rings is 3. The van der Waals surface area contributed by atoms with E-state index in [9.17, 15) is 18.0 Å². The molecule has 3 aromatic carbocycles. The predicted molar refractivity (Wildman–Crippen MR) is 132 cm³/mol. The summed E-state index contributed by atoms with van der Waals surface area (Å²) < 4.78 is 27.1. The van der Waals surface area contributed by atoms with Gasteiger partial charge >= 0.3 is 0 Å². The highest BCUT2D eigenvalue weighted by atomic mass is 35.5. The normalized spacial score (nSPS) is 16.1. The van der Waals surface area contributed by atoms with Gasteiger partial charge in [0.2, 0.25) is 21.8 Å². The highest BCUT2D eigenvalue weighted by molar-refractivity contribution is 7.89. The van der Waals surface area contributed by atoms with Crippen molar-refractivity contribution in [1.29, 1.82) is 0 Å². The maximum Gasteiger partial charge on any atom is 0.243 e. The maximum atomic E-state index is 12.9. The molecule has 9 heteroatoms. The van der Waals surface area contributed by atoms with Crippen LogP contribution >= 0.6 is 11.6 Å². The molecule has 1 heterocycles. The molecular weight excluding hydrogens is 474 g/mol. The van der Waals surface area contributed by atoms with Crippen molar-refractivity contribution in [3.63, 3.8) is 0 Å². The van der Waals surface area contributed by atoms with Gasteiger partial charge in [-0.2, -0.15) is 4.31 Å². The Morgan fingerprint density at radius 2 is 1.68 bits per heavy atom. The topological polar surface area (TPSA) is 86.8 Å². The second kappa shape index (κ2) is 9.97. The molecule has 1 aliphatic rings. The van der Waals surface area contributed by atoms with Gasteiger partial charge in [0.25, 0.3) is 0 Å². The molecule has 1 saturated heterocycles. The van der Waals surface area contributed by atoms with E-state index in [0.717, 1.165) is 5.56 Å². The lowest BCUT2D eigenvalue weighted by Crippen LogP contribution is -2.28. The molecule has 3 aromatic rings. The van der Waals surface area contributed by atoms with Gasteiger partial charge in [0.15, 0.2) is 0 Å². The van der Waals surface area contributed by atoms with E-state index in [1.807, 2.05) is 30.3 Å². The summed E-state index contributed by atoms with van der Waals surface area (Å²) in [4.78, 5) is 26.9. The lowest BCUT2D eigenvalue weighted by Gasteiger charge is -2.18. The monoisotopic (exact) mass is 497 g/mol. The van der Waals surface area contributed by atoms with Crippen LogP contribution < -0.4 is 10.2 Å². The van der Waals surface area contributed by atoms with Crippen LogP contribution in [-0.4, -0.2) is 38.1 Å². The molecular formula is C25H24ClN3O4S. The van der Waals surface area contributed by atoms with Crippen molar-refractivity contribution >= 4 is 44.8 Å². The first kappa shape index (κ1) is 23.9. The zero-order valence-corrected chi connectivity index (χ0v) is 20.1. The molecule has 1 atom stereocenters. The number of amides is 2. The largest absolute Gasteiger partial charge is 0.326 e. The SMILES string of the molecule is CN(Cc1ccccc1)S(=O)(=O)c1ccc(NC(=O)C2CC(=O)N(c3ccc(Cl)cc3)C2)cc1. The molecule has 1 N–H and O–H groups in total. The number of nitrogens with one attached hydrogen (secondary N) is 1. The molecule has 1 aliphatic heterocycles. The Bertz CT molecular complexity index is 1280. The number of halogens is 1. The maximum absolute atomic E-state index is 12.9. The van der Waals surface area contributed by atoms with Crippen LogP contribution in [0.1, 0.15) is 12.0 Å². The summed E-state index contributed by atoms with van der Waals surface area (Å²) in [5, 5.41) is 3.36.